The van der Waals surface area contributed by atoms with Crippen molar-refractivity contribution in [2.24, 2.45) is 5.73 Å². The Hall–Kier alpha value is -1.27. The molecule has 2 unspecified atom stereocenters. The summed E-state index contributed by atoms with van der Waals surface area (Å²) in [5, 5.41) is -0.370. The molecule has 1 aromatic carbocycles. The van der Waals surface area contributed by atoms with E-state index in [1.165, 1.54) is 0 Å². The van der Waals surface area contributed by atoms with Crippen LogP contribution in [0.2, 0.25) is 0 Å². The van der Waals surface area contributed by atoms with E-state index in [1.807, 2.05) is 6.92 Å². The summed E-state index contributed by atoms with van der Waals surface area (Å²) in [6.45, 7) is 4.60. The van der Waals surface area contributed by atoms with Crippen LogP contribution < -0.4 is 15.2 Å². The third-order valence-electron chi connectivity index (χ3n) is 3.59. The Labute approximate surface area is 120 Å². The van der Waals surface area contributed by atoms with E-state index in [9.17, 15) is 8.42 Å². The molecule has 1 aliphatic rings. The largest absolute Gasteiger partial charge is 0.486 e. The van der Waals surface area contributed by atoms with Gasteiger partial charge in [-0.2, -0.15) is 0 Å². The van der Waals surface area contributed by atoms with E-state index in [0.717, 1.165) is 5.56 Å². The summed E-state index contributed by atoms with van der Waals surface area (Å²) >= 11 is 0. The second-order valence-corrected chi connectivity index (χ2v) is 7.52. The molecule has 0 amide bonds. The van der Waals surface area contributed by atoms with Crippen LogP contribution in [0.25, 0.3) is 0 Å². The van der Waals surface area contributed by atoms with Gasteiger partial charge in [-0.25, -0.2) is 8.42 Å². The molecule has 0 saturated heterocycles. The number of sulfone groups is 1. The van der Waals surface area contributed by atoms with Gasteiger partial charge >= 0.3 is 0 Å². The molecular formula is C14H21NO4S. The third-order valence-corrected chi connectivity index (χ3v) is 5.98. The molecular weight excluding hydrogens is 278 g/mol. The summed E-state index contributed by atoms with van der Waals surface area (Å²) in [5.41, 5.74) is 6.78. The van der Waals surface area contributed by atoms with Crippen LogP contribution in [0.1, 0.15) is 31.9 Å². The topological polar surface area (TPSA) is 78.6 Å². The molecule has 1 heterocycles. The van der Waals surface area contributed by atoms with E-state index in [4.69, 9.17) is 15.2 Å². The molecule has 1 aliphatic heterocycles. The van der Waals surface area contributed by atoms with Crippen LogP contribution in [0.3, 0.4) is 0 Å². The molecule has 6 heteroatoms. The molecule has 20 heavy (non-hydrogen) atoms. The van der Waals surface area contributed by atoms with Gasteiger partial charge in [0.05, 0.1) is 11.0 Å². The number of ether oxygens (including phenoxy) is 2. The van der Waals surface area contributed by atoms with Gasteiger partial charge in [0.1, 0.15) is 13.2 Å². The molecule has 5 nitrogen and oxygen atoms in total. The summed E-state index contributed by atoms with van der Waals surface area (Å²) < 4.78 is 35.1. The van der Waals surface area contributed by atoms with Gasteiger partial charge in [0.15, 0.2) is 21.3 Å². The van der Waals surface area contributed by atoms with Gasteiger partial charge in [0.2, 0.25) is 0 Å². The van der Waals surface area contributed by atoms with Crippen molar-refractivity contribution in [3.05, 3.63) is 23.8 Å². The van der Waals surface area contributed by atoms with Crippen molar-refractivity contribution in [1.82, 2.24) is 0 Å². The van der Waals surface area contributed by atoms with E-state index in [-0.39, 0.29) is 11.0 Å². The fourth-order valence-electron chi connectivity index (χ4n) is 2.06. The number of rotatable bonds is 5. The number of hydrogen-bond donors (Lipinski definition) is 1. The molecule has 1 aromatic rings. The average molecular weight is 299 g/mol. The second-order valence-electron chi connectivity index (χ2n) is 5.06. The molecule has 0 saturated carbocycles. The zero-order valence-electron chi connectivity index (χ0n) is 11.8. The Morgan fingerprint density at radius 3 is 2.55 bits per heavy atom. The van der Waals surface area contributed by atoms with Crippen molar-refractivity contribution < 1.29 is 17.9 Å². The predicted octanol–water partition coefficient (Wildman–Crippen LogP) is 1.67. The molecule has 2 N–H and O–H groups in total. The first-order valence-electron chi connectivity index (χ1n) is 6.80. The van der Waals surface area contributed by atoms with Crippen molar-refractivity contribution in [1.29, 1.82) is 0 Å². The second kappa shape index (κ2) is 6.01. The van der Waals surface area contributed by atoms with Crippen LogP contribution in [-0.4, -0.2) is 32.6 Å². The Morgan fingerprint density at radius 1 is 1.25 bits per heavy atom. The van der Waals surface area contributed by atoms with Crippen LogP contribution in [0.5, 0.6) is 11.5 Å². The summed E-state index contributed by atoms with van der Waals surface area (Å²) in [5.74, 6) is 1.25. The SMILES string of the molecule is CCC(C)S(=O)(=O)CC(N)c1ccc2c(c1)OCCO2. The van der Waals surface area contributed by atoms with E-state index < -0.39 is 15.9 Å². The Bertz CT molecular complexity index is 571. The van der Waals surface area contributed by atoms with Gasteiger partial charge in [0, 0.05) is 6.04 Å². The van der Waals surface area contributed by atoms with E-state index >= 15 is 0 Å². The Kier molecular flexibility index (Phi) is 4.55. The quantitative estimate of drug-likeness (QED) is 0.894. The highest BCUT2D eigenvalue weighted by Gasteiger charge is 2.24. The van der Waals surface area contributed by atoms with Gasteiger partial charge in [-0.1, -0.05) is 13.0 Å². The first-order valence-corrected chi connectivity index (χ1v) is 8.52. The highest BCUT2D eigenvalue weighted by Crippen LogP contribution is 2.32. The van der Waals surface area contributed by atoms with E-state index in [0.29, 0.717) is 31.1 Å². The van der Waals surface area contributed by atoms with E-state index in [1.54, 1.807) is 25.1 Å². The molecule has 2 rings (SSSR count). The lowest BCUT2D eigenvalue weighted by atomic mass is 10.1. The van der Waals surface area contributed by atoms with Crippen molar-refractivity contribution in [2.75, 3.05) is 19.0 Å². The van der Waals surface area contributed by atoms with Crippen molar-refractivity contribution in [2.45, 2.75) is 31.6 Å². The molecule has 0 aliphatic carbocycles. The number of fused-ring (bicyclic) bond motifs is 1. The zero-order chi connectivity index (χ0) is 14.8. The Morgan fingerprint density at radius 2 is 1.90 bits per heavy atom. The maximum absolute atomic E-state index is 12.1. The Balaban J connectivity index is 2.15. The van der Waals surface area contributed by atoms with Crippen LogP contribution in [0.4, 0.5) is 0 Å². The number of benzene rings is 1. The fraction of sp³-hybridized carbons (Fsp3) is 0.571. The average Bonchev–Trinajstić information content (AvgIpc) is 2.45. The van der Waals surface area contributed by atoms with Crippen molar-refractivity contribution in [3.8, 4) is 11.5 Å². The van der Waals surface area contributed by atoms with Gasteiger partial charge in [0.25, 0.3) is 0 Å². The summed E-state index contributed by atoms with van der Waals surface area (Å²) in [6, 6.07) is 4.79. The van der Waals surface area contributed by atoms with Crippen LogP contribution in [-0.2, 0) is 9.84 Å². The lowest BCUT2D eigenvalue weighted by Crippen LogP contribution is -2.28. The minimum Gasteiger partial charge on any atom is -0.486 e. The monoisotopic (exact) mass is 299 g/mol. The summed E-state index contributed by atoms with van der Waals surface area (Å²) in [6.07, 6.45) is 0.593. The first-order chi connectivity index (χ1) is 9.44. The van der Waals surface area contributed by atoms with Crippen LogP contribution in [0, 0.1) is 0 Å². The molecule has 0 radical (unpaired) electrons. The van der Waals surface area contributed by atoms with Crippen LogP contribution >= 0.6 is 0 Å². The molecule has 112 valence electrons. The smallest absolute Gasteiger partial charge is 0.161 e. The minimum absolute atomic E-state index is 0.0539. The lowest BCUT2D eigenvalue weighted by Gasteiger charge is -2.21. The first kappa shape index (κ1) is 15.1. The third kappa shape index (κ3) is 3.24. The van der Waals surface area contributed by atoms with Gasteiger partial charge in [-0.3, -0.25) is 0 Å². The maximum Gasteiger partial charge on any atom is 0.161 e. The predicted molar refractivity (Wildman–Crippen MR) is 77.9 cm³/mol. The van der Waals surface area contributed by atoms with Gasteiger partial charge in [-0.05, 0) is 31.0 Å². The van der Waals surface area contributed by atoms with Crippen LogP contribution in [0.15, 0.2) is 18.2 Å². The van der Waals surface area contributed by atoms with Crippen molar-refractivity contribution in [3.63, 3.8) is 0 Å². The molecule has 0 aromatic heterocycles. The molecule has 0 spiro atoms. The number of hydrogen-bond acceptors (Lipinski definition) is 5. The minimum atomic E-state index is -3.18. The summed E-state index contributed by atoms with van der Waals surface area (Å²) in [7, 11) is -3.18. The highest BCUT2D eigenvalue weighted by molar-refractivity contribution is 7.92. The highest BCUT2D eigenvalue weighted by atomic mass is 32.2. The van der Waals surface area contributed by atoms with Crippen molar-refractivity contribution >= 4 is 9.84 Å². The number of nitrogens with two attached hydrogens (primary N) is 1. The lowest BCUT2D eigenvalue weighted by molar-refractivity contribution is 0.171. The summed E-state index contributed by atoms with van der Waals surface area (Å²) in [4.78, 5) is 0. The molecule has 0 fully saturated rings. The normalized spacial score (nSPS) is 17.6. The van der Waals surface area contributed by atoms with E-state index in [2.05, 4.69) is 0 Å². The van der Waals surface area contributed by atoms with Gasteiger partial charge in [-0.15, -0.1) is 0 Å². The maximum atomic E-state index is 12.1. The van der Waals surface area contributed by atoms with Gasteiger partial charge < -0.3 is 15.2 Å². The standard InChI is InChI=1S/C14H21NO4S/c1-3-10(2)20(16,17)9-12(15)11-4-5-13-14(8-11)19-7-6-18-13/h4-5,8,10,12H,3,6-7,9,15H2,1-2H3. The molecule has 2 atom stereocenters. The fourth-order valence-corrected chi connectivity index (χ4v) is 3.58. The molecule has 0 bridgehead atoms. The zero-order valence-corrected chi connectivity index (χ0v) is 12.7.